The number of aliphatic hydroxyl groups excluding tert-OH is 1. The summed E-state index contributed by atoms with van der Waals surface area (Å²) in [5.74, 6) is -1.86. The molecule has 1 aromatic heterocycles. The molecule has 37 heavy (non-hydrogen) atoms. The van der Waals surface area contributed by atoms with Crippen molar-refractivity contribution in [3.05, 3.63) is 47.4 Å². The third-order valence-corrected chi connectivity index (χ3v) is 6.25. The van der Waals surface area contributed by atoms with Crippen molar-refractivity contribution < 1.29 is 32.2 Å². The number of hydrogen-bond acceptors (Lipinski definition) is 8. The number of aliphatic hydroxyl groups is 1. The zero-order valence-electron chi connectivity index (χ0n) is 22.1. The van der Waals surface area contributed by atoms with Gasteiger partial charge in [-0.15, -0.1) is 0 Å². The zero-order valence-corrected chi connectivity index (χ0v) is 23.0. The number of ether oxygens (including phenoxy) is 1. The Morgan fingerprint density at radius 1 is 1.16 bits per heavy atom. The van der Waals surface area contributed by atoms with Crippen LogP contribution in [0.25, 0.3) is 17.3 Å². The molecule has 202 valence electrons. The number of Topliss-reactive ketones (excluding diaryl/α,β-unsaturated/α-hetero) is 1. The van der Waals surface area contributed by atoms with E-state index in [1.807, 2.05) is 13.8 Å². The number of aromatic nitrogens is 2. The molecule has 1 aromatic carbocycles. The number of carbonyl (C=O) groups is 2. The quantitative estimate of drug-likeness (QED) is 0.359. The van der Waals surface area contributed by atoms with E-state index >= 15 is 0 Å². The Balaban J connectivity index is 2.46. The standard InChI is InChI=1S/C26H34FN3O6S/c1-16(2)23-21(13-12-19(31)14-20(32)15-22(33)36-26(3,4)5)24(17-8-10-18(27)11-9-17)29-25(28-23)30(6)37(7,34)35/h8-13,16,19,31H,14-15H2,1-7H3/b13-12+/t19-/m0/s1. The van der Waals surface area contributed by atoms with Crippen LogP contribution in [0.3, 0.4) is 0 Å². The molecule has 1 atom stereocenters. The van der Waals surface area contributed by atoms with E-state index in [2.05, 4.69) is 9.97 Å². The number of nitrogens with zero attached hydrogens (tertiary/aromatic N) is 3. The van der Waals surface area contributed by atoms with Gasteiger partial charge in [0.25, 0.3) is 0 Å². The van der Waals surface area contributed by atoms with Gasteiger partial charge in [-0.2, -0.15) is 0 Å². The molecule has 0 saturated heterocycles. The second kappa shape index (κ2) is 11.9. The van der Waals surface area contributed by atoms with E-state index in [0.717, 1.165) is 10.6 Å². The Hall–Kier alpha value is -3.18. The number of sulfonamides is 1. The number of ketones is 1. The third-order valence-electron chi connectivity index (χ3n) is 5.09. The number of halogens is 1. The predicted octanol–water partition coefficient (Wildman–Crippen LogP) is 3.87. The Morgan fingerprint density at radius 3 is 2.27 bits per heavy atom. The van der Waals surface area contributed by atoms with Crippen LogP contribution >= 0.6 is 0 Å². The predicted molar refractivity (Wildman–Crippen MR) is 140 cm³/mol. The fourth-order valence-electron chi connectivity index (χ4n) is 3.32. The molecule has 0 radical (unpaired) electrons. The lowest BCUT2D eigenvalue weighted by Gasteiger charge is -2.20. The van der Waals surface area contributed by atoms with Crippen molar-refractivity contribution in [3.63, 3.8) is 0 Å². The highest BCUT2D eigenvalue weighted by Crippen LogP contribution is 2.31. The van der Waals surface area contributed by atoms with Crippen molar-refractivity contribution in [2.45, 2.75) is 65.1 Å². The van der Waals surface area contributed by atoms with Gasteiger partial charge >= 0.3 is 5.97 Å². The van der Waals surface area contributed by atoms with Crippen LogP contribution in [0.4, 0.5) is 10.3 Å². The van der Waals surface area contributed by atoms with Crippen LogP contribution < -0.4 is 4.31 Å². The average Bonchev–Trinajstić information content (AvgIpc) is 2.75. The van der Waals surface area contributed by atoms with Gasteiger partial charge in [-0.1, -0.05) is 26.0 Å². The van der Waals surface area contributed by atoms with Crippen LogP contribution in [0.1, 0.15) is 64.6 Å². The number of carbonyl (C=O) groups excluding carboxylic acids is 2. The minimum atomic E-state index is -3.66. The second-order valence-electron chi connectivity index (χ2n) is 10.00. The van der Waals surface area contributed by atoms with Gasteiger partial charge < -0.3 is 9.84 Å². The fourth-order valence-corrected chi connectivity index (χ4v) is 3.69. The molecule has 0 bridgehead atoms. The summed E-state index contributed by atoms with van der Waals surface area (Å²) in [6, 6.07) is 5.52. The van der Waals surface area contributed by atoms with E-state index in [1.165, 1.54) is 37.4 Å². The van der Waals surface area contributed by atoms with E-state index < -0.39 is 45.7 Å². The number of benzene rings is 1. The highest BCUT2D eigenvalue weighted by atomic mass is 32.2. The van der Waals surface area contributed by atoms with Gasteiger partial charge in [-0.25, -0.2) is 27.1 Å². The zero-order chi connectivity index (χ0) is 28.1. The monoisotopic (exact) mass is 535 g/mol. The Morgan fingerprint density at radius 2 is 1.76 bits per heavy atom. The van der Waals surface area contributed by atoms with Crippen molar-refractivity contribution in [1.82, 2.24) is 9.97 Å². The second-order valence-corrected chi connectivity index (χ2v) is 12.0. The van der Waals surface area contributed by atoms with Gasteiger partial charge in [0.2, 0.25) is 16.0 Å². The number of esters is 1. The number of rotatable bonds is 10. The minimum Gasteiger partial charge on any atom is -0.460 e. The molecular formula is C26H34FN3O6S. The van der Waals surface area contributed by atoms with E-state index in [1.54, 1.807) is 26.8 Å². The first-order valence-corrected chi connectivity index (χ1v) is 13.5. The van der Waals surface area contributed by atoms with E-state index in [4.69, 9.17) is 4.74 Å². The molecule has 9 nitrogen and oxygen atoms in total. The largest absolute Gasteiger partial charge is 0.460 e. The molecule has 0 unspecified atom stereocenters. The van der Waals surface area contributed by atoms with Crippen molar-refractivity contribution in [2.75, 3.05) is 17.6 Å². The van der Waals surface area contributed by atoms with E-state index in [9.17, 15) is 27.5 Å². The molecule has 2 rings (SSSR count). The molecule has 0 saturated carbocycles. The fraction of sp³-hybridized carbons (Fsp3) is 0.462. The first kappa shape index (κ1) is 30.0. The van der Waals surface area contributed by atoms with Crippen molar-refractivity contribution in [3.8, 4) is 11.3 Å². The molecule has 0 aliphatic heterocycles. The number of hydrogen-bond donors (Lipinski definition) is 1. The molecule has 0 aliphatic carbocycles. The smallest absolute Gasteiger partial charge is 0.313 e. The van der Waals surface area contributed by atoms with Crippen molar-refractivity contribution >= 4 is 33.8 Å². The molecule has 1 N–H and O–H groups in total. The normalized spacial score (nSPS) is 13.1. The Kier molecular flexibility index (Phi) is 9.67. The summed E-state index contributed by atoms with van der Waals surface area (Å²) in [6.45, 7) is 8.80. The SMILES string of the molecule is CC(C)c1nc(N(C)S(C)(=O)=O)nc(-c2ccc(F)cc2)c1/C=C/[C@H](O)CC(=O)CC(=O)OC(C)(C)C. The lowest BCUT2D eigenvalue weighted by Crippen LogP contribution is -2.27. The van der Waals surface area contributed by atoms with Gasteiger partial charge in [-0.3, -0.25) is 9.59 Å². The van der Waals surface area contributed by atoms with E-state index in [-0.39, 0.29) is 18.3 Å². The summed E-state index contributed by atoms with van der Waals surface area (Å²) in [5, 5.41) is 10.5. The highest BCUT2D eigenvalue weighted by Gasteiger charge is 2.23. The van der Waals surface area contributed by atoms with Crippen LogP contribution in [0.15, 0.2) is 30.3 Å². The average molecular weight is 536 g/mol. The highest BCUT2D eigenvalue weighted by molar-refractivity contribution is 7.92. The lowest BCUT2D eigenvalue weighted by atomic mass is 9.97. The summed E-state index contributed by atoms with van der Waals surface area (Å²) in [5.41, 5.74) is 1.07. The third kappa shape index (κ3) is 9.01. The lowest BCUT2D eigenvalue weighted by molar-refractivity contribution is -0.156. The van der Waals surface area contributed by atoms with Crippen molar-refractivity contribution in [2.24, 2.45) is 0 Å². The summed E-state index contributed by atoms with van der Waals surface area (Å²) < 4.78 is 44.0. The molecule has 0 fully saturated rings. The number of anilines is 1. The Labute approximate surface area is 217 Å². The van der Waals surface area contributed by atoms with Crippen LogP contribution in [-0.4, -0.2) is 60.3 Å². The van der Waals surface area contributed by atoms with Gasteiger partial charge in [0, 0.05) is 24.6 Å². The first-order chi connectivity index (χ1) is 17.0. The topological polar surface area (TPSA) is 127 Å². The molecule has 11 heteroatoms. The van der Waals surface area contributed by atoms with Crippen LogP contribution in [-0.2, 0) is 24.3 Å². The van der Waals surface area contributed by atoms with E-state index in [0.29, 0.717) is 22.5 Å². The molecule has 0 amide bonds. The molecule has 1 heterocycles. The van der Waals surface area contributed by atoms with Crippen molar-refractivity contribution in [1.29, 1.82) is 0 Å². The molecular weight excluding hydrogens is 501 g/mol. The summed E-state index contributed by atoms with van der Waals surface area (Å²) in [4.78, 5) is 33.1. The maximum absolute atomic E-state index is 13.6. The van der Waals surface area contributed by atoms with Gasteiger partial charge in [0.1, 0.15) is 23.6 Å². The maximum Gasteiger partial charge on any atom is 0.313 e. The summed E-state index contributed by atoms with van der Waals surface area (Å²) in [6.07, 6.45) is 1.97. The molecule has 0 spiro atoms. The van der Waals surface area contributed by atoms with Crippen LogP contribution in [0, 0.1) is 5.82 Å². The first-order valence-electron chi connectivity index (χ1n) is 11.7. The maximum atomic E-state index is 13.6. The van der Waals surface area contributed by atoms with Gasteiger partial charge in [0.05, 0.1) is 23.7 Å². The molecule has 0 aliphatic rings. The molecule has 2 aromatic rings. The van der Waals surface area contributed by atoms with Crippen LogP contribution in [0.5, 0.6) is 0 Å². The minimum absolute atomic E-state index is 0.0595. The van der Waals surface area contributed by atoms with Gasteiger partial charge in [-0.05, 0) is 51.0 Å². The summed E-state index contributed by atoms with van der Waals surface area (Å²) >= 11 is 0. The van der Waals surface area contributed by atoms with Gasteiger partial charge in [0.15, 0.2) is 0 Å². The Bertz CT molecular complexity index is 1270. The van der Waals surface area contributed by atoms with Crippen LogP contribution in [0.2, 0.25) is 0 Å². The summed E-state index contributed by atoms with van der Waals surface area (Å²) in [7, 11) is -2.33.